The summed E-state index contributed by atoms with van der Waals surface area (Å²) in [5.41, 5.74) is 0. The van der Waals surface area contributed by atoms with Crippen LogP contribution in [-0.4, -0.2) is 45.7 Å². The largest absolute Gasteiger partial charge is 0.481 e. The molecule has 1 amide bonds. The molecule has 0 radical (unpaired) electrons. The highest BCUT2D eigenvalue weighted by Gasteiger charge is 2.31. The van der Waals surface area contributed by atoms with Crippen molar-refractivity contribution < 1.29 is 19.8 Å². The molecule has 2 aliphatic rings. The van der Waals surface area contributed by atoms with Gasteiger partial charge in [-0.2, -0.15) is 0 Å². The minimum Gasteiger partial charge on any atom is -0.481 e. The number of unbranched alkanes of at least 4 members (excludes halogenated alkanes) is 3. The second-order valence-corrected chi connectivity index (χ2v) is 7.88. The van der Waals surface area contributed by atoms with E-state index in [2.05, 4.69) is 0 Å². The molecule has 5 nitrogen and oxygen atoms in total. The Kier molecular flexibility index (Phi) is 8.73. The van der Waals surface area contributed by atoms with Gasteiger partial charge in [-0.25, -0.2) is 0 Å². The number of carboxylic acid groups (broad SMARTS) is 1. The van der Waals surface area contributed by atoms with Crippen LogP contribution in [0.1, 0.15) is 89.9 Å². The standard InChI is InChI=1S/C20H35NO4/c22-18(16-8-4-3-5-9-16)14-15-21-17(12-13-19(21)23)10-6-1-2-7-11-20(24)25/h16-18,22H,1-15H2,(H,24,25)/t17?,18-/m1/s1. The maximum atomic E-state index is 12.2. The lowest BCUT2D eigenvalue weighted by Gasteiger charge is -2.30. The van der Waals surface area contributed by atoms with Crippen LogP contribution >= 0.6 is 0 Å². The van der Waals surface area contributed by atoms with E-state index in [9.17, 15) is 14.7 Å². The van der Waals surface area contributed by atoms with Crippen molar-refractivity contribution in [3.63, 3.8) is 0 Å². The molecule has 25 heavy (non-hydrogen) atoms. The number of rotatable bonds is 11. The molecule has 0 aromatic rings. The van der Waals surface area contributed by atoms with Crippen LogP contribution in [-0.2, 0) is 9.59 Å². The molecule has 0 aromatic carbocycles. The fourth-order valence-electron chi connectivity index (χ4n) is 4.44. The molecule has 2 fully saturated rings. The molecule has 2 N–H and O–H groups in total. The highest BCUT2D eigenvalue weighted by molar-refractivity contribution is 5.78. The van der Waals surface area contributed by atoms with E-state index in [1.54, 1.807) is 0 Å². The van der Waals surface area contributed by atoms with Gasteiger partial charge in [0.1, 0.15) is 0 Å². The Morgan fingerprint density at radius 3 is 2.52 bits per heavy atom. The molecule has 2 rings (SSSR count). The Bertz CT molecular complexity index is 420. The first-order valence-electron chi connectivity index (χ1n) is 10.3. The van der Waals surface area contributed by atoms with Crippen LogP contribution in [0.5, 0.6) is 0 Å². The molecule has 0 spiro atoms. The number of amides is 1. The van der Waals surface area contributed by atoms with Crippen molar-refractivity contribution in [1.82, 2.24) is 4.90 Å². The van der Waals surface area contributed by atoms with Gasteiger partial charge >= 0.3 is 5.97 Å². The molecule has 1 saturated carbocycles. The fraction of sp³-hybridized carbons (Fsp3) is 0.900. The summed E-state index contributed by atoms with van der Waals surface area (Å²) >= 11 is 0. The summed E-state index contributed by atoms with van der Waals surface area (Å²) in [7, 11) is 0. The lowest BCUT2D eigenvalue weighted by molar-refractivity contribution is -0.137. The zero-order chi connectivity index (χ0) is 18.1. The van der Waals surface area contributed by atoms with Crippen LogP contribution in [0.4, 0.5) is 0 Å². The number of carboxylic acids is 1. The average Bonchev–Trinajstić information content (AvgIpc) is 2.96. The SMILES string of the molecule is O=C(O)CCCCCCC1CCC(=O)N1CC[C@@H](O)C1CCCCC1. The monoisotopic (exact) mass is 353 g/mol. The summed E-state index contributed by atoms with van der Waals surface area (Å²) in [4.78, 5) is 24.7. The third kappa shape index (κ3) is 6.96. The van der Waals surface area contributed by atoms with Gasteiger partial charge in [-0.3, -0.25) is 9.59 Å². The normalized spacial score (nSPS) is 23.2. The Morgan fingerprint density at radius 1 is 1.08 bits per heavy atom. The summed E-state index contributed by atoms with van der Waals surface area (Å²) < 4.78 is 0. The van der Waals surface area contributed by atoms with Crippen molar-refractivity contribution in [1.29, 1.82) is 0 Å². The number of carbonyl (C=O) groups excluding carboxylic acids is 1. The number of hydrogen-bond donors (Lipinski definition) is 2. The van der Waals surface area contributed by atoms with Crippen LogP contribution in [0.3, 0.4) is 0 Å². The predicted molar refractivity (Wildman–Crippen MR) is 97.3 cm³/mol. The average molecular weight is 354 g/mol. The minimum absolute atomic E-state index is 0.242. The molecule has 144 valence electrons. The number of hydrogen-bond acceptors (Lipinski definition) is 3. The van der Waals surface area contributed by atoms with Crippen molar-refractivity contribution >= 4 is 11.9 Å². The Balaban J connectivity index is 1.65. The quantitative estimate of drug-likeness (QED) is 0.555. The van der Waals surface area contributed by atoms with E-state index in [0.717, 1.165) is 51.4 Å². The van der Waals surface area contributed by atoms with Gasteiger partial charge in [0.05, 0.1) is 6.10 Å². The van der Waals surface area contributed by atoms with E-state index in [0.29, 0.717) is 31.3 Å². The molecule has 1 heterocycles. The highest BCUT2D eigenvalue weighted by Crippen LogP contribution is 2.29. The number of aliphatic hydroxyl groups excluding tert-OH is 1. The van der Waals surface area contributed by atoms with Crippen LogP contribution in [0.2, 0.25) is 0 Å². The van der Waals surface area contributed by atoms with Crippen LogP contribution in [0, 0.1) is 5.92 Å². The molecule has 1 aliphatic heterocycles. The second kappa shape index (κ2) is 10.8. The minimum atomic E-state index is -0.718. The number of likely N-dealkylation sites (tertiary alicyclic amines) is 1. The van der Waals surface area contributed by atoms with Crippen LogP contribution in [0.15, 0.2) is 0 Å². The first-order chi connectivity index (χ1) is 12.1. The summed E-state index contributed by atoms with van der Waals surface area (Å²) in [6.45, 7) is 0.695. The first kappa shape index (κ1) is 20.2. The van der Waals surface area contributed by atoms with E-state index >= 15 is 0 Å². The van der Waals surface area contributed by atoms with E-state index < -0.39 is 5.97 Å². The third-order valence-corrected chi connectivity index (χ3v) is 5.99. The van der Waals surface area contributed by atoms with Gasteiger partial charge in [-0.1, -0.05) is 38.5 Å². The number of carbonyl (C=O) groups is 2. The number of nitrogens with zero attached hydrogens (tertiary/aromatic N) is 1. The fourth-order valence-corrected chi connectivity index (χ4v) is 4.44. The lowest BCUT2D eigenvalue weighted by atomic mass is 9.84. The van der Waals surface area contributed by atoms with E-state index in [1.165, 1.54) is 19.3 Å². The van der Waals surface area contributed by atoms with Gasteiger partial charge in [0, 0.05) is 25.4 Å². The number of aliphatic hydroxyl groups is 1. The summed E-state index contributed by atoms with van der Waals surface area (Å²) in [6, 6.07) is 0.325. The first-order valence-corrected chi connectivity index (χ1v) is 10.3. The van der Waals surface area contributed by atoms with Crippen molar-refractivity contribution in [3.05, 3.63) is 0 Å². The summed E-state index contributed by atoms with van der Waals surface area (Å²) in [5, 5.41) is 19.1. The van der Waals surface area contributed by atoms with Crippen molar-refractivity contribution in [2.24, 2.45) is 5.92 Å². The maximum Gasteiger partial charge on any atom is 0.303 e. The Morgan fingerprint density at radius 2 is 1.80 bits per heavy atom. The Hall–Kier alpha value is -1.10. The highest BCUT2D eigenvalue weighted by atomic mass is 16.4. The predicted octanol–water partition coefficient (Wildman–Crippen LogP) is 3.73. The van der Waals surface area contributed by atoms with Gasteiger partial charge in [0.2, 0.25) is 5.91 Å². The van der Waals surface area contributed by atoms with Gasteiger partial charge < -0.3 is 15.1 Å². The molecular formula is C20H35NO4. The molecular weight excluding hydrogens is 318 g/mol. The van der Waals surface area contributed by atoms with E-state index in [1.807, 2.05) is 4.90 Å². The molecule has 1 aliphatic carbocycles. The Labute approximate surface area is 151 Å². The molecule has 1 saturated heterocycles. The second-order valence-electron chi connectivity index (χ2n) is 7.88. The summed E-state index contributed by atoms with van der Waals surface area (Å²) in [6.07, 6.45) is 13.1. The van der Waals surface area contributed by atoms with Crippen LogP contribution < -0.4 is 0 Å². The summed E-state index contributed by atoms with van der Waals surface area (Å²) in [5.74, 6) is -0.0463. The topological polar surface area (TPSA) is 77.8 Å². The zero-order valence-electron chi connectivity index (χ0n) is 15.5. The molecule has 0 bridgehead atoms. The smallest absolute Gasteiger partial charge is 0.303 e. The molecule has 0 aromatic heterocycles. The molecule has 5 heteroatoms. The van der Waals surface area contributed by atoms with E-state index in [-0.39, 0.29) is 18.4 Å². The van der Waals surface area contributed by atoms with Gasteiger partial charge in [0.25, 0.3) is 0 Å². The third-order valence-electron chi connectivity index (χ3n) is 5.99. The van der Waals surface area contributed by atoms with Crippen LogP contribution in [0.25, 0.3) is 0 Å². The number of aliphatic carboxylic acids is 1. The maximum absolute atomic E-state index is 12.2. The van der Waals surface area contributed by atoms with Gasteiger partial charge in [-0.05, 0) is 44.4 Å². The van der Waals surface area contributed by atoms with Gasteiger partial charge in [0.15, 0.2) is 0 Å². The van der Waals surface area contributed by atoms with Gasteiger partial charge in [-0.15, -0.1) is 0 Å². The lowest BCUT2D eigenvalue weighted by Crippen LogP contribution is -2.36. The zero-order valence-corrected chi connectivity index (χ0v) is 15.5. The van der Waals surface area contributed by atoms with Crippen molar-refractivity contribution in [2.45, 2.75) is 102 Å². The van der Waals surface area contributed by atoms with Crippen molar-refractivity contribution in [3.8, 4) is 0 Å². The van der Waals surface area contributed by atoms with Crippen molar-refractivity contribution in [2.75, 3.05) is 6.54 Å². The molecule has 2 atom stereocenters. The molecule has 1 unspecified atom stereocenters. The van der Waals surface area contributed by atoms with E-state index in [4.69, 9.17) is 5.11 Å².